The van der Waals surface area contributed by atoms with Crippen molar-refractivity contribution in [3.05, 3.63) is 80.6 Å². The van der Waals surface area contributed by atoms with Gasteiger partial charge in [0, 0.05) is 37.5 Å². The molecule has 166 valence electrons. The third-order valence-electron chi connectivity index (χ3n) is 4.51. The molecule has 11 heteroatoms. The summed E-state index contributed by atoms with van der Waals surface area (Å²) in [5.74, 6) is -0.477. The first-order chi connectivity index (χ1) is 15.3. The van der Waals surface area contributed by atoms with Crippen molar-refractivity contribution in [1.29, 1.82) is 0 Å². The number of aromatic nitrogens is 2. The van der Waals surface area contributed by atoms with Crippen LogP contribution in [0.3, 0.4) is 0 Å². The van der Waals surface area contributed by atoms with E-state index in [0.29, 0.717) is 23.5 Å². The van der Waals surface area contributed by atoms with E-state index in [-0.39, 0.29) is 23.0 Å². The van der Waals surface area contributed by atoms with E-state index in [1.54, 1.807) is 35.1 Å². The van der Waals surface area contributed by atoms with Crippen LogP contribution in [0.2, 0.25) is 5.02 Å². The molecule has 0 aliphatic carbocycles. The zero-order valence-corrected chi connectivity index (χ0v) is 18.0. The number of aryl methyl sites for hydroxylation is 1. The van der Waals surface area contributed by atoms with Crippen LogP contribution in [0.5, 0.6) is 5.75 Å². The lowest BCUT2D eigenvalue weighted by Gasteiger charge is -2.09. The number of anilines is 1. The first kappa shape index (κ1) is 22.8. The van der Waals surface area contributed by atoms with Crippen molar-refractivity contribution in [3.8, 4) is 5.75 Å². The van der Waals surface area contributed by atoms with Gasteiger partial charge in [-0.25, -0.2) is 0 Å². The Balaban J connectivity index is 1.66. The molecule has 2 N–H and O–H groups in total. The van der Waals surface area contributed by atoms with Crippen molar-refractivity contribution >= 4 is 34.8 Å². The van der Waals surface area contributed by atoms with E-state index in [9.17, 15) is 19.7 Å². The lowest BCUT2D eigenvalue weighted by Crippen LogP contribution is -2.21. The number of hydrogen-bond donors (Lipinski definition) is 2. The molecule has 0 saturated carbocycles. The Hall–Kier alpha value is -3.92. The molecule has 1 heterocycles. The number of nitrogens with one attached hydrogen (secondary N) is 2. The molecular weight excluding hydrogens is 438 g/mol. The maximum absolute atomic E-state index is 12.6. The van der Waals surface area contributed by atoms with Crippen LogP contribution in [-0.2, 0) is 13.2 Å². The Morgan fingerprint density at radius 3 is 2.50 bits per heavy atom. The zero-order chi connectivity index (χ0) is 23.3. The van der Waals surface area contributed by atoms with Crippen molar-refractivity contribution in [2.75, 3.05) is 12.4 Å². The highest BCUT2D eigenvalue weighted by atomic mass is 35.5. The maximum Gasteiger partial charge on any atom is 0.273 e. The minimum absolute atomic E-state index is 0.123. The number of amides is 2. The largest absolute Gasteiger partial charge is 0.487 e. The van der Waals surface area contributed by atoms with Gasteiger partial charge < -0.3 is 15.4 Å². The molecule has 32 heavy (non-hydrogen) atoms. The van der Waals surface area contributed by atoms with Crippen molar-refractivity contribution in [2.24, 2.45) is 0 Å². The summed E-state index contributed by atoms with van der Waals surface area (Å²) in [5, 5.41) is 20.3. The Morgan fingerprint density at radius 2 is 1.91 bits per heavy atom. The van der Waals surface area contributed by atoms with E-state index in [4.69, 9.17) is 16.3 Å². The quantitative estimate of drug-likeness (QED) is 0.392. The number of nitrogens with zero attached hydrogens (tertiary/aromatic N) is 3. The molecule has 0 aliphatic rings. The number of rotatable bonds is 8. The van der Waals surface area contributed by atoms with E-state index in [0.717, 1.165) is 5.56 Å². The molecular formula is C21H20ClN5O5. The Bertz CT molecular complexity index is 1160. The SMILES string of the molecule is CCn1cc(NC(=O)c2ccc(COc3ccc([N+](=O)[O-])cc3Cl)cc2)c(C(=O)NC)n1. The van der Waals surface area contributed by atoms with Crippen LogP contribution >= 0.6 is 11.6 Å². The van der Waals surface area contributed by atoms with E-state index < -0.39 is 16.7 Å². The minimum atomic E-state index is -0.537. The normalized spacial score (nSPS) is 10.5. The number of benzene rings is 2. The summed E-state index contributed by atoms with van der Waals surface area (Å²) in [6.45, 7) is 2.58. The number of carbonyl (C=O) groups is 2. The lowest BCUT2D eigenvalue weighted by atomic mass is 10.1. The molecule has 0 fully saturated rings. The number of nitro benzene ring substituents is 1. The lowest BCUT2D eigenvalue weighted by molar-refractivity contribution is -0.384. The van der Waals surface area contributed by atoms with Crippen molar-refractivity contribution in [2.45, 2.75) is 20.1 Å². The van der Waals surface area contributed by atoms with Crippen molar-refractivity contribution < 1.29 is 19.2 Å². The number of hydrogen-bond acceptors (Lipinski definition) is 6. The molecule has 0 saturated heterocycles. The van der Waals surface area contributed by atoms with Gasteiger partial charge in [-0.05, 0) is 30.7 Å². The number of carbonyl (C=O) groups excluding carboxylic acids is 2. The van der Waals surface area contributed by atoms with Gasteiger partial charge >= 0.3 is 0 Å². The molecule has 2 aromatic carbocycles. The number of nitro groups is 1. The van der Waals surface area contributed by atoms with Gasteiger partial charge in [0.25, 0.3) is 17.5 Å². The van der Waals surface area contributed by atoms with E-state index in [1.807, 2.05) is 6.92 Å². The third kappa shape index (κ3) is 5.22. The highest BCUT2D eigenvalue weighted by Crippen LogP contribution is 2.29. The fourth-order valence-electron chi connectivity index (χ4n) is 2.79. The maximum atomic E-state index is 12.6. The van der Waals surface area contributed by atoms with Gasteiger partial charge in [-0.15, -0.1) is 0 Å². The van der Waals surface area contributed by atoms with Crippen molar-refractivity contribution in [3.63, 3.8) is 0 Å². The molecule has 0 unspecified atom stereocenters. The van der Waals surface area contributed by atoms with Gasteiger partial charge in [0.2, 0.25) is 0 Å². The van der Waals surface area contributed by atoms with Gasteiger partial charge in [-0.2, -0.15) is 5.10 Å². The van der Waals surface area contributed by atoms with Crippen LogP contribution in [-0.4, -0.2) is 33.6 Å². The van der Waals surface area contributed by atoms with Crippen LogP contribution in [0.15, 0.2) is 48.7 Å². The molecule has 0 radical (unpaired) electrons. The van der Waals surface area contributed by atoms with Gasteiger partial charge in [0.15, 0.2) is 5.69 Å². The summed E-state index contributed by atoms with van der Waals surface area (Å²) in [6.07, 6.45) is 1.60. The van der Waals surface area contributed by atoms with Crippen LogP contribution < -0.4 is 15.4 Å². The van der Waals surface area contributed by atoms with Crippen LogP contribution in [0.1, 0.15) is 33.3 Å². The molecule has 3 aromatic rings. The van der Waals surface area contributed by atoms with E-state index in [1.165, 1.54) is 25.2 Å². The van der Waals surface area contributed by atoms with Gasteiger partial charge in [-0.3, -0.25) is 24.4 Å². The summed E-state index contributed by atoms with van der Waals surface area (Å²) >= 11 is 6.02. The highest BCUT2D eigenvalue weighted by molar-refractivity contribution is 6.32. The van der Waals surface area contributed by atoms with Crippen LogP contribution in [0, 0.1) is 10.1 Å². The van der Waals surface area contributed by atoms with Gasteiger partial charge in [-0.1, -0.05) is 23.7 Å². The topological polar surface area (TPSA) is 128 Å². The minimum Gasteiger partial charge on any atom is -0.487 e. The highest BCUT2D eigenvalue weighted by Gasteiger charge is 2.18. The standard InChI is InChI=1S/C21H20ClN5O5/c1-3-26-11-17(19(25-26)21(29)23-2)24-20(28)14-6-4-13(5-7-14)12-32-18-9-8-15(27(30)31)10-16(18)22/h4-11H,3,12H2,1-2H3,(H,23,29)(H,24,28). The summed E-state index contributed by atoms with van der Waals surface area (Å²) in [4.78, 5) is 34.9. The predicted octanol–water partition coefficient (Wildman–Crippen LogP) is 3.66. The molecule has 0 bridgehead atoms. The fraction of sp³-hybridized carbons (Fsp3) is 0.190. The average Bonchev–Trinajstić information content (AvgIpc) is 3.20. The third-order valence-corrected chi connectivity index (χ3v) is 4.81. The Morgan fingerprint density at radius 1 is 1.19 bits per heavy atom. The Labute approximate surface area is 188 Å². The van der Waals surface area contributed by atoms with Crippen molar-refractivity contribution in [1.82, 2.24) is 15.1 Å². The van der Waals surface area contributed by atoms with Crippen LogP contribution in [0.4, 0.5) is 11.4 Å². The first-order valence-corrected chi connectivity index (χ1v) is 9.96. The Kier molecular flexibility index (Phi) is 7.06. The molecule has 0 aliphatic heterocycles. The second-order valence-corrected chi connectivity index (χ2v) is 7.04. The number of non-ortho nitro benzene ring substituents is 1. The van der Waals surface area contributed by atoms with E-state index >= 15 is 0 Å². The summed E-state index contributed by atoms with van der Waals surface area (Å²) < 4.78 is 7.17. The molecule has 10 nitrogen and oxygen atoms in total. The fourth-order valence-corrected chi connectivity index (χ4v) is 3.02. The van der Waals surface area contributed by atoms with Gasteiger partial charge in [0.05, 0.1) is 15.6 Å². The van der Waals surface area contributed by atoms with E-state index in [2.05, 4.69) is 15.7 Å². The summed E-state index contributed by atoms with van der Waals surface area (Å²) in [7, 11) is 1.49. The number of ether oxygens (including phenoxy) is 1. The second kappa shape index (κ2) is 9.92. The summed E-state index contributed by atoms with van der Waals surface area (Å²) in [6, 6.07) is 10.6. The smallest absolute Gasteiger partial charge is 0.273 e. The molecule has 1 aromatic heterocycles. The van der Waals surface area contributed by atoms with Gasteiger partial charge in [0.1, 0.15) is 12.4 Å². The van der Waals surface area contributed by atoms with Crippen LogP contribution in [0.25, 0.3) is 0 Å². The summed E-state index contributed by atoms with van der Waals surface area (Å²) in [5.41, 5.74) is 1.47. The molecule has 3 rings (SSSR count). The monoisotopic (exact) mass is 457 g/mol. The first-order valence-electron chi connectivity index (χ1n) is 9.59. The average molecular weight is 458 g/mol. The predicted molar refractivity (Wildman–Crippen MR) is 118 cm³/mol. The zero-order valence-electron chi connectivity index (χ0n) is 17.3. The number of halogens is 1. The molecule has 0 spiro atoms. The molecule has 2 amide bonds. The molecule has 0 atom stereocenters. The second-order valence-electron chi connectivity index (χ2n) is 6.64.